The van der Waals surface area contributed by atoms with Crippen molar-refractivity contribution in [3.05, 3.63) is 52.5 Å². The lowest BCUT2D eigenvalue weighted by Crippen LogP contribution is -2.12. The van der Waals surface area contributed by atoms with E-state index in [1.54, 1.807) is 12.1 Å². The maximum Gasteiger partial charge on any atom is 0.257 e. The van der Waals surface area contributed by atoms with Crippen molar-refractivity contribution in [3.8, 4) is 5.75 Å². The Morgan fingerprint density at radius 1 is 1.32 bits per heavy atom. The SMILES string of the molecule is CC[C@H](C)Oc1ccc(C(=O)Nc2nc3cc(Cl)c(C)cc3s2)cc1. The maximum atomic E-state index is 12.4. The Balaban J connectivity index is 1.73. The molecule has 0 aliphatic rings. The third kappa shape index (κ3) is 4.11. The number of carbonyl (C=O) groups excluding carboxylic acids is 1. The van der Waals surface area contributed by atoms with Crippen molar-refractivity contribution in [2.45, 2.75) is 33.3 Å². The zero-order valence-electron chi connectivity index (χ0n) is 14.3. The average Bonchev–Trinajstić information content (AvgIpc) is 2.96. The molecule has 25 heavy (non-hydrogen) atoms. The van der Waals surface area contributed by atoms with Gasteiger partial charge in [-0.15, -0.1) is 0 Å². The highest BCUT2D eigenvalue weighted by molar-refractivity contribution is 7.22. The number of hydrogen-bond donors (Lipinski definition) is 1. The molecule has 0 saturated carbocycles. The number of aryl methyl sites for hydroxylation is 1. The summed E-state index contributed by atoms with van der Waals surface area (Å²) < 4.78 is 6.72. The number of fused-ring (bicyclic) bond motifs is 1. The number of aromatic nitrogens is 1. The van der Waals surface area contributed by atoms with E-state index in [1.807, 2.05) is 38.1 Å². The lowest BCUT2D eigenvalue weighted by atomic mass is 10.2. The summed E-state index contributed by atoms with van der Waals surface area (Å²) in [5, 5.41) is 4.07. The predicted octanol–water partition coefficient (Wildman–Crippen LogP) is 5.69. The van der Waals surface area contributed by atoms with Gasteiger partial charge in [0.05, 0.1) is 16.3 Å². The van der Waals surface area contributed by atoms with Gasteiger partial charge in [0, 0.05) is 10.6 Å². The molecule has 0 radical (unpaired) electrons. The molecular weight excluding hydrogens is 356 g/mol. The fourth-order valence-electron chi connectivity index (χ4n) is 2.27. The summed E-state index contributed by atoms with van der Waals surface area (Å²) in [4.78, 5) is 16.8. The Kier molecular flexibility index (Phi) is 5.25. The van der Waals surface area contributed by atoms with Crippen molar-refractivity contribution in [1.29, 1.82) is 0 Å². The predicted molar refractivity (Wildman–Crippen MR) is 104 cm³/mol. The number of rotatable bonds is 5. The smallest absolute Gasteiger partial charge is 0.257 e. The van der Waals surface area contributed by atoms with Crippen LogP contribution in [0.2, 0.25) is 5.02 Å². The van der Waals surface area contributed by atoms with E-state index in [-0.39, 0.29) is 12.0 Å². The second kappa shape index (κ2) is 7.42. The van der Waals surface area contributed by atoms with Gasteiger partial charge in [-0.25, -0.2) is 4.98 Å². The maximum absolute atomic E-state index is 12.4. The number of carbonyl (C=O) groups is 1. The first-order chi connectivity index (χ1) is 12.0. The number of anilines is 1. The number of nitrogens with one attached hydrogen (secondary N) is 1. The number of hydrogen-bond acceptors (Lipinski definition) is 4. The Bertz CT molecular complexity index is 867. The van der Waals surface area contributed by atoms with E-state index in [0.29, 0.717) is 15.7 Å². The van der Waals surface area contributed by atoms with Crippen molar-refractivity contribution in [1.82, 2.24) is 4.98 Å². The highest BCUT2D eigenvalue weighted by Crippen LogP contribution is 2.30. The Labute approximate surface area is 155 Å². The zero-order chi connectivity index (χ0) is 18.0. The molecule has 0 saturated heterocycles. The van der Waals surface area contributed by atoms with Crippen LogP contribution >= 0.6 is 22.9 Å². The third-order valence-electron chi connectivity index (χ3n) is 3.92. The number of benzene rings is 2. The highest BCUT2D eigenvalue weighted by Gasteiger charge is 2.11. The second-order valence-corrected chi connectivity index (χ2v) is 7.34. The normalized spacial score (nSPS) is 12.2. The summed E-state index contributed by atoms with van der Waals surface area (Å²) in [6, 6.07) is 10.9. The van der Waals surface area contributed by atoms with Crippen molar-refractivity contribution in [2.24, 2.45) is 0 Å². The monoisotopic (exact) mass is 374 g/mol. The van der Waals surface area contributed by atoms with E-state index in [2.05, 4.69) is 17.2 Å². The molecule has 1 heterocycles. The Hall–Kier alpha value is -2.11. The minimum Gasteiger partial charge on any atom is -0.491 e. The van der Waals surface area contributed by atoms with Crippen LogP contribution in [0.4, 0.5) is 5.13 Å². The molecule has 1 atom stereocenters. The van der Waals surface area contributed by atoms with Gasteiger partial charge in [-0.1, -0.05) is 29.9 Å². The van der Waals surface area contributed by atoms with Gasteiger partial charge in [0.15, 0.2) is 5.13 Å². The fraction of sp³-hybridized carbons (Fsp3) is 0.263. The van der Waals surface area contributed by atoms with Crippen molar-refractivity contribution >= 4 is 44.2 Å². The summed E-state index contributed by atoms with van der Waals surface area (Å²) >= 11 is 7.56. The standard InChI is InChI=1S/C19H19ClN2O2S/c1-4-12(3)24-14-7-5-13(6-8-14)18(23)22-19-21-16-10-15(20)11(2)9-17(16)25-19/h5-10,12H,4H2,1-3H3,(H,21,22,23)/t12-/m0/s1. The van der Waals surface area contributed by atoms with Gasteiger partial charge >= 0.3 is 0 Å². The fourth-order valence-corrected chi connectivity index (χ4v) is 3.37. The molecule has 0 aliphatic heterocycles. The summed E-state index contributed by atoms with van der Waals surface area (Å²) in [5.41, 5.74) is 2.34. The van der Waals surface area contributed by atoms with Crippen LogP contribution in [-0.2, 0) is 0 Å². The molecule has 1 aromatic heterocycles. The molecule has 4 nitrogen and oxygen atoms in total. The average molecular weight is 375 g/mol. The molecule has 0 unspecified atom stereocenters. The van der Waals surface area contributed by atoms with E-state index >= 15 is 0 Å². The molecule has 3 aromatic rings. The minimum absolute atomic E-state index is 0.151. The van der Waals surface area contributed by atoms with Crippen LogP contribution in [0.25, 0.3) is 10.2 Å². The van der Waals surface area contributed by atoms with Crippen LogP contribution in [0.5, 0.6) is 5.75 Å². The van der Waals surface area contributed by atoms with Gasteiger partial charge in [-0.3, -0.25) is 10.1 Å². The summed E-state index contributed by atoms with van der Waals surface area (Å²) in [6.45, 7) is 6.03. The molecule has 3 rings (SSSR count). The zero-order valence-corrected chi connectivity index (χ0v) is 15.9. The van der Waals surface area contributed by atoms with Gasteiger partial charge in [0.1, 0.15) is 5.75 Å². The van der Waals surface area contributed by atoms with Gasteiger partial charge in [0.25, 0.3) is 5.91 Å². The molecule has 1 amide bonds. The number of thiazole rings is 1. The van der Waals surface area contributed by atoms with Crippen molar-refractivity contribution in [2.75, 3.05) is 5.32 Å². The Morgan fingerprint density at radius 3 is 2.72 bits per heavy atom. The quantitative estimate of drug-likeness (QED) is 0.624. The summed E-state index contributed by atoms with van der Waals surface area (Å²) in [5.74, 6) is 0.563. The largest absolute Gasteiger partial charge is 0.491 e. The van der Waals surface area contributed by atoms with Crippen LogP contribution in [0.1, 0.15) is 36.2 Å². The molecule has 0 bridgehead atoms. The molecule has 0 fully saturated rings. The van der Waals surface area contributed by atoms with Crippen LogP contribution in [0.15, 0.2) is 36.4 Å². The molecule has 6 heteroatoms. The number of ether oxygens (including phenoxy) is 1. The molecular formula is C19H19ClN2O2S. The van der Waals surface area contributed by atoms with E-state index < -0.39 is 0 Å². The third-order valence-corrected chi connectivity index (χ3v) is 5.26. The van der Waals surface area contributed by atoms with E-state index in [9.17, 15) is 4.79 Å². The molecule has 1 N–H and O–H groups in total. The van der Waals surface area contributed by atoms with E-state index in [4.69, 9.17) is 16.3 Å². The molecule has 0 spiro atoms. The van der Waals surface area contributed by atoms with Crippen molar-refractivity contribution < 1.29 is 9.53 Å². The van der Waals surface area contributed by atoms with Gasteiger partial charge in [-0.05, 0) is 62.2 Å². The minimum atomic E-state index is -0.197. The lowest BCUT2D eigenvalue weighted by Gasteiger charge is -2.12. The lowest BCUT2D eigenvalue weighted by molar-refractivity contribution is 0.102. The number of amides is 1. The van der Waals surface area contributed by atoms with Crippen LogP contribution in [0.3, 0.4) is 0 Å². The summed E-state index contributed by atoms with van der Waals surface area (Å²) in [6.07, 6.45) is 1.08. The van der Waals surface area contributed by atoms with Gasteiger partial charge < -0.3 is 4.74 Å². The number of nitrogens with zero attached hydrogens (tertiary/aromatic N) is 1. The number of halogens is 1. The van der Waals surface area contributed by atoms with Crippen molar-refractivity contribution in [3.63, 3.8) is 0 Å². The highest BCUT2D eigenvalue weighted by atomic mass is 35.5. The topological polar surface area (TPSA) is 51.2 Å². The molecule has 130 valence electrons. The molecule has 0 aliphatic carbocycles. The first-order valence-electron chi connectivity index (χ1n) is 8.11. The molecule has 2 aromatic carbocycles. The van der Waals surface area contributed by atoms with Crippen LogP contribution < -0.4 is 10.1 Å². The van der Waals surface area contributed by atoms with Gasteiger partial charge in [-0.2, -0.15) is 0 Å². The first kappa shape index (κ1) is 17.7. The van der Waals surface area contributed by atoms with Gasteiger partial charge in [0.2, 0.25) is 0 Å². The Morgan fingerprint density at radius 2 is 2.04 bits per heavy atom. The first-order valence-corrected chi connectivity index (χ1v) is 9.30. The van der Waals surface area contributed by atoms with Crippen LogP contribution in [0, 0.1) is 6.92 Å². The van der Waals surface area contributed by atoms with Crippen LogP contribution in [-0.4, -0.2) is 17.0 Å². The second-order valence-electron chi connectivity index (χ2n) is 5.90. The summed E-state index contributed by atoms with van der Waals surface area (Å²) in [7, 11) is 0. The van der Waals surface area contributed by atoms with E-state index in [0.717, 1.165) is 28.0 Å². The van der Waals surface area contributed by atoms with E-state index in [1.165, 1.54) is 11.3 Å².